The van der Waals surface area contributed by atoms with Crippen molar-refractivity contribution < 1.29 is 32.1 Å². The summed E-state index contributed by atoms with van der Waals surface area (Å²) in [6, 6.07) is 11.2. The van der Waals surface area contributed by atoms with Crippen LogP contribution < -0.4 is 9.47 Å². The lowest BCUT2D eigenvalue weighted by molar-refractivity contribution is -0.376. The first-order chi connectivity index (χ1) is 18.6. The summed E-state index contributed by atoms with van der Waals surface area (Å²) in [7, 11) is 1.61. The Morgan fingerprint density at radius 2 is 1.82 bits per heavy atom. The van der Waals surface area contributed by atoms with Crippen LogP contribution in [-0.4, -0.2) is 61.5 Å². The Labute approximate surface area is 234 Å². The van der Waals surface area contributed by atoms with Crippen LogP contribution in [0.2, 0.25) is 0 Å². The van der Waals surface area contributed by atoms with Gasteiger partial charge in [-0.25, -0.2) is 0 Å². The maximum Gasteiger partial charge on any atom is 0.399 e. The molecule has 0 radical (unpaired) electrons. The number of halogens is 4. The fraction of sp³-hybridized carbons (Fsp3) is 0.517. The highest BCUT2D eigenvalue weighted by Gasteiger charge is 2.54. The molecule has 1 aromatic heterocycles. The van der Waals surface area contributed by atoms with Gasteiger partial charge in [-0.05, 0) is 68.5 Å². The molecule has 212 valence electrons. The van der Waals surface area contributed by atoms with Gasteiger partial charge in [0.2, 0.25) is 0 Å². The number of likely N-dealkylation sites (tertiary alicyclic amines) is 1. The van der Waals surface area contributed by atoms with Crippen LogP contribution in [0.1, 0.15) is 44.2 Å². The van der Waals surface area contributed by atoms with Gasteiger partial charge >= 0.3 is 6.18 Å². The molecule has 0 aliphatic carbocycles. The topological polar surface area (TPSA) is 56.0 Å². The number of piperidine rings is 1. The molecule has 10 heteroatoms. The number of rotatable bonds is 9. The number of nitrogens with one attached hydrogen (secondary N) is 1. The summed E-state index contributed by atoms with van der Waals surface area (Å²) in [5.74, 6) is 1.30. The number of aromatic nitrogens is 1. The molecule has 2 fully saturated rings. The van der Waals surface area contributed by atoms with Crippen molar-refractivity contribution in [2.75, 3.05) is 26.7 Å². The lowest BCUT2D eigenvalue weighted by Gasteiger charge is -2.40. The SMILES string of the molecule is COc1cc(CCC2OC(C)O2)ccc1OC1CCN(CC(C)(c2c[nH]c3cc(Br)ccc23)C(F)(F)F)CC1. The summed E-state index contributed by atoms with van der Waals surface area (Å²) in [6.45, 7) is 4.09. The Morgan fingerprint density at radius 1 is 1.08 bits per heavy atom. The minimum absolute atomic E-state index is 0.0955. The summed E-state index contributed by atoms with van der Waals surface area (Å²) >= 11 is 3.39. The number of ether oxygens (including phenoxy) is 4. The van der Waals surface area contributed by atoms with Crippen molar-refractivity contribution in [3.63, 3.8) is 0 Å². The highest BCUT2D eigenvalue weighted by molar-refractivity contribution is 9.10. The molecule has 0 bridgehead atoms. The van der Waals surface area contributed by atoms with E-state index in [1.165, 1.54) is 13.1 Å². The van der Waals surface area contributed by atoms with Gasteiger partial charge < -0.3 is 28.8 Å². The number of benzene rings is 2. The molecule has 2 saturated heterocycles. The number of nitrogens with zero attached hydrogens (tertiary/aromatic N) is 1. The predicted molar refractivity (Wildman–Crippen MR) is 146 cm³/mol. The van der Waals surface area contributed by atoms with Gasteiger partial charge in [0.25, 0.3) is 0 Å². The molecule has 3 aromatic rings. The van der Waals surface area contributed by atoms with E-state index < -0.39 is 11.6 Å². The fourth-order valence-electron chi connectivity index (χ4n) is 5.52. The van der Waals surface area contributed by atoms with Crippen molar-refractivity contribution in [3.05, 3.63) is 58.2 Å². The van der Waals surface area contributed by atoms with Gasteiger partial charge in [-0.3, -0.25) is 0 Å². The molecule has 0 amide bonds. The molecular formula is C29H34BrF3N2O4. The van der Waals surface area contributed by atoms with E-state index in [-0.39, 0.29) is 30.8 Å². The van der Waals surface area contributed by atoms with Crippen molar-refractivity contribution in [1.82, 2.24) is 9.88 Å². The highest BCUT2D eigenvalue weighted by atomic mass is 79.9. The number of aromatic amines is 1. The monoisotopic (exact) mass is 610 g/mol. The quantitative estimate of drug-likeness (QED) is 0.284. The smallest absolute Gasteiger partial charge is 0.399 e. The van der Waals surface area contributed by atoms with E-state index in [1.807, 2.05) is 30.0 Å². The average Bonchev–Trinajstić information content (AvgIpc) is 3.30. The molecule has 5 rings (SSSR count). The Kier molecular flexibility index (Phi) is 8.20. The molecule has 0 spiro atoms. The molecule has 6 nitrogen and oxygen atoms in total. The van der Waals surface area contributed by atoms with Crippen LogP contribution in [0.4, 0.5) is 13.2 Å². The zero-order valence-corrected chi connectivity index (χ0v) is 23.9. The zero-order valence-electron chi connectivity index (χ0n) is 22.3. The number of hydrogen-bond acceptors (Lipinski definition) is 5. The van der Waals surface area contributed by atoms with Gasteiger partial charge in [0.15, 0.2) is 24.1 Å². The molecule has 1 atom stereocenters. The van der Waals surface area contributed by atoms with Gasteiger partial charge in [0.05, 0.1) is 7.11 Å². The van der Waals surface area contributed by atoms with E-state index in [2.05, 4.69) is 20.9 Å². The molecule has 2 aliphatic rings. The van der Waals surface area contributed by atoms with Crippen molar-refractivity contribution in [2.45, 2.75) is 69.8 Å². The highest BCUT2D eigenvalue weighted by Crippen LogP contribution is 2.45. The second kappa shape index (κ2) is 11.3. The first kappa shape index (κ1) is 28.3. The largest absolute Gasteiger partial charge is 0.493 e. The third-order valence-electron chi connectivity index (χ3n) is 7.82. The minimum atomic E-state index is -4.41. The Bertz CT molecular complexity index is 1290. The van der Waals surface area contributed by atoms with Crippen LogP contribution in [0.3, 0.4) is 0 Å². The van der Waals surface area contributed by atoms with Crippen LogP contribution in [0.25, 0.3) is 10.9 Å². The lowest BCUT2D eigenvalue weighted by Crippen LogP contribution is -2.51. The van der Waals surface area contributed by atoms with Crippen molar-refractivity contribution in [1.29, 1.82) is 0 Å². The van der Waals surface area contributed by atoms with Gasteiger partial charge in [0.1, 0.15) is 11.5 Å². The third kappa shape index (κ3) is 6.09. The van der Waals surface area contributed by atoms with Gasteiger partial charge in [-0.15, -0.1) is 0 Å². The molecule has 2 aromatic carbocycles. The fourth-order valence-corrected chi connectivity index (χ4v) is 5.88. The number of hydrogen-bond donors (Lipinski definition) is 1. The Morgan fingerprint density at radius 3 is 2.49 bits per heavy atom. The lowest BCUT2D eigenvalue weighted by atomic mass is 9.80. The van der Waals surface area contributed by atoms with E-state index in [4.69, 9.17) is 18.9 Å². The second-order valence-corrected chi connectivity index (χ2v) is 11.5. The molecule has 39 heavy (non-hydrogen) atoms. The van der Waals surface area contributed by atoms with E-state index in [0.29, 0.717) is 48.3 Å². The first-order valence-electron chi connectivity index (χ1n) is 13.3. The summed E-state index contributed by atoms with van der Waals surface area (Å²) in [4.78, 5) is 4.92. The molecule has 2 aliphatic heterocycles. The number of fused-ring (bicyclic) bond motifs is 1. The van der Waals surface area contributed by atoms with Gasteiger partial charge in [0, 0.05) is 47.6 Å². The minimum Gasteiger partial charge on any atom is -0.493 e. The average molecular weight is 611 g/mol. The molecule has 3 heterocycles. The normalized spacial score (nSPS) is 22.4. The van der Waals surface area contributed by atoms with E-state index >= 15 is 0 Å². The van der Waals surface area contributed by atoms with E-state index in [9.17, 15) is 13.2 Å². The molecular weight excluding hydrogens is 577 g/mol. The second-order valence-electron chi connectivity index (χ2n) is 10.6. The van der Waals surface area contributed by atoms with Crippen molar-refractivity contribution in [3.8, 4) is 11.5 Å². The first-order valence-corrected chi connectivity index (χ1v) is 14.1. The van der Waals surface area contributed by atoms with E-state index in [0.717, 1.165) is 22.9 Å². The van der Waals surface area contributed by atoms with Crippen LogP contribution >= 0.6 is 15.9 Å². The Balaban J connectivity index is 1.21. The van der Waals surface area contributed by atoms with Crippen LogP contribution in [0.5, 0.6) is 11.5 Å². The predicted octanol–water partition coefficient (Wildman–Crippen LogP) is 6.95. The van der Waals surface area contributed by atoms with E-state index in [1.54, 1.807) is 25.3 Å². The number of alkyl halides is 3. The van der Waals surface area contributed by atoms with Gasteiger partial charge in [-0.2, -0.15) is 13.2 Å². The van der Waals surface area contributed by atoms with Crippen molar-refractivity contribution in [2.24, 2.45) is 0 Å². The number of methoxy groups -OCH3 is 1. The standard InChI is InChI=1S/C29H34BrF3N2O4/c1-18-37-27(38-18)9-5-19-4-8-25(26(14-19)36-3)39-21-10-12-35(13-11-21)17-28(2,29(31,32)33)23-16-34-24-15-20(30)6-7-22(23)24/h4,6-8,14-16,18,21,27,34H,5,9-13,17H2,1-3H3. The summed E-state index contributed by atoms with van der Waals surface area (Å²) in [6.07, 6.45) is -0.480. The van der Waals surface area contributed by atoms with Crippen LogP contribution in [0, 0.1) is 0 Å². The van der Waals surface area contributed by atoms with Crippen LogP contribution in [0.15, 0.2) is 47.1 Å². The zero-order chi connectivity index (χ0) is 27.8. The summed E-state index contributed by atoms with van der Waals surface area (Å²) in [5.41, 5.74) is 0.0307. The van der Waals surface area contributed by atoms with Crippen LogP contribution in [-0.2, 0) is 21.3 Å². The molecule has 1 N–H and O–H groups in total. The summed E-state index contributed by atoms with van der Waals surface area (Å²) < 4.78 is 67.3. The summed E-state index contributed by atoms with van der Waals surface area (Å²) in [5, 5.41) is 0.592. The van der Waals surface area contributed by atoms with Crippen molar-refractivity contribution >= 4 is 26.8 Å². The van der Waals surface area contributed by atoms with Gasteiger partial charge in [-0.1, -0.05) is 28.1 Å². The number of H-pyrrole nitrogens is 1. The molecule has 1 unspecified atom stereocenters. The maximum absolute atomic E-state index is 14.5. The third-order valence-corrected chi connectivity index (χ3v) is 8.31. The molecule has 0 saturated carbocycles. The maximum atomic E-state index is 14.5. The Hall–Kier alpha value is -2.27. The number of aryl methyl sites for hydroxylation is 1.